The lowest BCUT2D eigenvalue weighted by Crippen LogP contribution is -2.39. The molecule has 3 aromatic carbocycles. The summed E-state index contributed by atoms with van der Waals surface area (Å²) in [6, 6.07) is 19.2. The highest BCUT2D eigenvalue weighted by molar-refractivity contribution is 7.92. The largest absolute Gasteiger partial charge is 0.489 e. The molecular formula is C23H21ClFN3O4S. The molecule has 0 spiro atoms. The molecule has 0 aliphatic carbocycles. The van der Waals surface area contributed by atoms with Gasteiger partial charge in [-0.25, -0.2) is 18.2 Å². The van der Waals surface area contributed by atoms with Crippen LogP contribution in [0.1, 0.15) is 11.1 Å². The summed E-state index contributed by atoms with van der Waals surface area (Å²) in [6.45, 7) is -0.132. The second-order valence-corrected chi connectivity index (χ2v) is 9.37. The first-order valence-electron chi connectivity index (χ1n) is 9.73. The van der Waals surface area contributed by atoms with E-state index >= 15 is 0 Å². The highest BCUT2D eigenvalue weighted by Crippen LogP contribution is 2.18. The maximum absolute atomic E-state index is 13.1. The molecule has 0 aromatic heterocycles. The Morgan fingerprint density at radius 3 is 2.45 bits per heavy atom. The van der Waals surface area contributed by atoms with Gasteiger partial charge in [-0.05, 0) is 71.8 Å². The van der Waals surface area contributed by atoms with Crippen LogP contribution in [0.25, 0.3) is 0 Å². The van der Waals surface area contributed by atoms with Gasteiger partial charge in [0, 0.05) is 5.02 Å². The van der Waals surface area contributed by atoms with E-state index < -0.39 is 28.3 Å². The zero-order valence-electron chi connectivity index (χ0n) is 17.6. The molecule has 0 heterocycles. The molecule has 0 bridgehead atoms. The predicted molar refractivity (Wildman–Crippen MR) is 127 cm³/mol. The summed E-state index contributed by atoms with van der Waals surface area (Å²) in [6.07, 6.45) is 2.38. The Hall–Kier alpha value is -3.43. The smallest absolute Gasteiger partial charge is 0.260 e. The van der Waals surface area contributed by atoms with Crippen LogP contribution in [0.5, 0.6) is 5.75 Å². The number of amides is 1. The first-order valence-corrected chi connectivity index (χ1v) is 12.0. The van der Waals surface area contributed by atoms with Gasteiger partial charge in [0.05, 0.1) is 18.2 Å². The molecule has 0 saturated carbocycles. The summed E-state index contributed by atoms with van der Waals surface area (Å²) in [5.41, 5.74) is 4.10. The minimum absolute atomic E-state index is 0.173. The van der Waals surface area contributed by atoms with Gasteiger partial charge in [0.2, 0.25) is 10.0 Å². The summed E-state index contributed by atoms with van der Waals surface area (Å²) in [7, 11) is -3.76. The van der Waals surface area contributed by atoms with Crippen molar-refractivity contribution in [1.82, 2.24) is 5.43 Å². The van der Waals surface area contributed by atoms with E-state index in [0.29, 0.717) is 22.9 Å². The van der Waals surface area contributed by atoms with Crippen molar-refractivity contribution < 1.29 is 22.3 Å². The van der Waals surface area contributed by atoms with Crippen LogP contribution in [0, 0.1) is 5.82 Å². The highest BCUT2D eigenvalue weighted by atomic mass is 35.5. The molecule has 33 heavy (non-hydrogen) atoms. The molecule has 7 nitrogen and oxygen atoms in total. The molecule has 1 amide bonds. The van der Waals surface area contributed by atoms with Crippen LogP contribution in [0.3, 0.4) is 0 Å². The minimum atomic E-state index is -3.76. The fraction of sp³-hybridized carbons (Fsp3) is 0.130. The molecule has 0 aliphatic heterocycles. The number of hydrogen-bond acceptors (Lipinski definition) is 5. The van der Waals surface area contributed by atoms with Gasteiger partial charge in [0.25, 0.3) is 5.91 Å². The second-order valence-electron chi connectivity index (χ2n) is 7.03. The van der Waals surface area contributed by atoms with Gasteiger partial charge in [-0.2, -0.15) is 5.10 Å². The number of nitrogens with one attached hydrogen (secondary N) is 1. The SMILES string of the molecule is CS(=O)(=O)N(CC(=O)N/N=C\c1ccc(OCc2cccc(Cl)c2)cc1)c1ccc(F)cc1. The number of sulfonamides is 1. The minimum Gasteiger partial charge on any atom is -0.489 e. The van der Waals surface area contributed by atoms with Crippen molar-refractivity contribution in [2.45, 2.75) is 6.61 Å². The normalized spacial score (nSPS) is 11.4. The Morgan fingerprint density at radius 2 is 1.82 bits per heavy atom. The van der Waals surface area contributed by atoms with Crippen LogP contribution in [0.15, 0.2) is 77.9 Å². The van der Waals surface area contributed by atoms with Crippen LogP contribution < -0.4 is 14.5 Å². The first kappa shape index (κ1) is 24.2. The van der Waals surface area contributed by atoms with Gasteiger partial charge in [0.1, 0.15) is 24.7 Å². The maximum atomic E-state index is 13.1. The topological polar surface area (TPSA) is 88.1 Å². The lowest BCUT2D eigenvalue weighted by molar-refractivity contribution is -0.119. The number of halogens is 2. The van der Waals surface area contributed by atoms with Gasteiger partial charge in [-0.1, -0.05) is 23.7 Å². The highest BCUT2D eigenvalue weighted by Gasteiger charge is 2.20. The number of carbonyl (C=O) groups excluding carboxylic acids is 1. The number of anilines is 1. The zero-order valence-corrected chi connectivity index (χ0v) is 19.2. The molecule has 0 fully saturated rings. The molecule has 0 unspecified atom stereocenters. The van der Waals surface area contributed by atoms with Gasteiger partial charge in [-0.15, -0.1) is 0 Å². The molecule has 10 heteroatoms. The van der Waals surface area contributed by atoms with Gasteiger partial charge < -0.3 is 4.74 Å². The van der Waals surface area contributed by atoms with Crippen LogP contribution in [-0.2, 0) is 21.4 Å². The van der Waals surface area contributed by atoms with Crippen molar-refractivity contribution in [3.63, 3.8) is 0 Å². The summed E-state index contributed by atoms with van der Waals surface area (Å²) in [5.74, 6) is -0.510. The monoisotopic (exact) mass is 489 g/mol. The lowest BCUT2D eigenvalue weighted by Gasteiger charge is -2.21. The van der Waals surface area contributed by atoms with Crippen molar-refractivity contribution in [2.24, 2.45) is 5.10 Å². The van der Waals surface area contributed by atoms with Gasteiger partial charge in [-0.3, -0.25) is 9.10 Å². The average molecular weight is 490 g/mol. The summed E-state index contributed by atoms with van der Waals surface area (Å²) < 4.78 is 43.8. The number of hydrazone groups is 1. The van der Waals surface area contributed by atoms with Gasteiger partial charge in [0.15, 0.2) is 0 Å². The number of nitrogens with zero attached hydrogens (tertiary/aromatic N) is 2. The molecule has 0 saturated heterocycles. The number of hydrogen-bond donors (Lipinski definition) is 1. The quantitative estimate of drug-likeness (QED) is 0.364. The van der Waals surface area contributed by atoms with Crippen molar-refractivity contribution >= 4 is 39.4 Å². The Morgan fingerprint density at radius 1 is 1.12 bits per heavy atom. The van der Waals surface area contributed by atoms with E-state index in [2.05, 4.69) is 10.5 Å². The van der Waals surface area contributed by atoms with E-state index in [4.69, 9.17) is 16.3 Å². The van der Waals surface area contributed by atoms with Crippen molar-refractivity contribution in [2.75, 3.05) is 17.1 Å². The van der Waals surface area contributed by atoms with Crippen molar-refractivity contribution in [3.8, 4) is 5.75 Å². The van der Waals surface area contributed by atoms with E-state index in [-0.39, 0.29) is 5.69 Å². The van der Waals surface area contributed by atoms with E-state index in [9.17, 15) is 17.6 Å². The molecule has 0 radical (unpaired) electrons. The third kappa shape index (κ3) is 7.58. The van der Waals surface area contributed by atoms with E-state index in [1.165, 1.54) is 18.3 Å². The van der Waals surface area contributed by atoms with E-state index in [0.717, 1.165) is 28.3 Å². The Kier molecular flexibility index (Phi) is 8.02. The van der Waals surface area contributed by atoms with E-state index in [1.54, 1.807) is 30.3 Å². The average Bonchev–Trinajstić information content (AvgIpc) is 2.77. The molecule has 0 atom stereocenters. The van der Waals surface area contributed by atoms with Crippen molar-refractivity contribution in [1.29, 1.82) is 0 Å². The maximum Gasteiger partial charge on any atom is 0.260 e. The lowest BCUT2D eigenvalue weighted by atomic mass is 10.2. The standard InChI is InChI=1S/C23H21ClFN3O4S/c1-33(30,31)28(21-9-7-20(25)8-10-21)15-23(29)27-26-14-17-5-11-22(12-6-17)32-16-18-3-2-4-19(24)13-18/h2-14H,15-16H2,1H3,(H,27,29)/b26-14-. The number of rotatable bonds is 9. The van der Waals surface area contributed by atoms with E-state index in [1.807, 2.05) is 18.2 Å². The molecule has 172 valence electrons. The zero-order chi connectivity index (χ0) is 23.8. The Labute approximate surface area is 196 Å². The third-order valence-electron chi connectivity index (χ3n) is 4.38. The number of benzene rings is 3. The molecule has 1 N–H and O–H groups in total. The third-order valence-corrected chi connectivity index (χ3v) is 5.76. The second kappa shape index (κ2) is 10.9. The Bertz CT molecular complexity index is 1230. The van der Waals surface area contributed by atoms with Crippen LogP contribution in [0.2, 0.25) is 5.02 Å². The number of ether oxygens (including phenoxy) is 1. The molecular weight excluding hydrogens is 469 g/mol. The summed E-state index contributed by atoms with van der Waals surface area (Å²) in [4.78, 5) is 12.2. The first-order chi connectivity index (χ1) is 15.7. The summed E-state index contributed by atoms with van der Waals surface area (Å²) in [5, 5.41) is 4.50. The van der Waals surface area contributed by atoms with Crippen LogP contribution in [0.4, 0.5) is 10.1 Å². The summed E-state index contributed by atoms with van der Waals surface area (Å²) >= 11 is 5.96. The van der Waals surface area contributed by atoms with Crippen LogP contribution in [-0.4, -0.2) is 33.3 Å². The van der Waals surface area contributed by atoms with Crippen LogP contribution >= 0.6 is 11.6 Å². The molecule has 3 rings (SSSR count). The fourth-order valence-electron chi connectivity index (χ4n) is 2.80. The Balaban J connectivity index is 1.54. The fourth-order valence-corrected chi connectivity index (χ4v) is 3.86. The molecule has 0 aliphatic rings. The van der Waals surface area contributed by atoms with Gasteiger partial charge >= 0.3 is 0 Å². The van der Waals surface area contributed by atoms with Crippen molar-refractivity contribution in [3.05, 3.63) is 94.8 Å². The predicted octanol–water partition coefficient (Wildman–Crippen LogP) is 3.97. The molecule has 3 aromatic rings. The number of carbonyl (C=O) groups is 1.